The molecule has 0 unspecified atom stereocenters. The zero-order valence-corrected chi connectivity index (χ0v) is 10.4. The average Bonchev–Trinajstić information content (AvgIpc) is 2.66. The lowest BCUT2D eigenvalue weighted by atomic mass is 10.2. The third-order valence-corrected chi connectivity index (χ3v) is 2.68. The second kappa shape index (κ2) is 5.43. The fourth-order valence-electron chi connectivity index (χ4n) is 1.82. The molecule has 0 spiro atoms. The molecule has 0 saturated carbocycles. The van der Waals surface area contributed by atoms with Crippen molar-refractivity contribution in [3.05, 3.63) is 35.9 Å². The van der Waals surface area contributed by atoms with Crippen molar-refractivity contribution in [1.29, 1.82) is 0 Å². The Kier molecular flexibility index (Phi) is 3.92. The quantitative estimate of drug-likeness (QED) is 0.749. The van der Waals surface area contributed by atoms with Gasteiger partial charge in [-0.1, -0.05) is 30.3 Å². The van der Waals surface area contributed by atoms with Crippen molar-refractivity contribution in [3.8, 4) is 0 Å². The Bertz CT molecular complexity index is 373. The Hall–Kier alpha value is -1.19. The molecular weight excluding hydrogens is 214 g/mol. The summed E-state index contributed by atoms with van der Waals surface area (Å²) in [5.74, 6) is -0.433. The highest BCUT2D eigenvalue weighted by molar-refractivity contribution is 5.58. The topological polar surface area (TPSA) is 30.8 Å². The van der Waals surface area contributed by atoms with Gasteiger partial charge in [-0.05, 0) is 19.4 Å². The fourth-order valence-corrected chi connectivity index (χ4v) is 1.82. The van der Waals surface area contributed by atoms with Gasteiger partial charge in [0.2, 0.25) is 0 Å². The first-order chi connectivity index (χ1) is 8.16. The number of hydrogen-bond acceptors (Lipinski definition) is 3. The molecule has 1 aromatic rings. The van der Waals surface area contributed by atoms with Gasteiger partial charge in [0.1, 0.15) is 0 Å². The van der Waals surface area contributed by atoms with Gasteiger partial charge in [-0.15, -0.1) is 0 Å². The van der Waals surface area contributed by atoms with E-state index in [9.17, 15) is 0 Å². The summed E-state index contributed by atoms with van der Waals surface area (Å²) in [5, 5.41) is 0. The third-order valence-electron chi connectivity index (χ3n) is 2.68. The minimum atomic E-state index is -0.433. The Balaban J connectivity index is 1.72. The summed E-state index contributed by atoms with van der Waals surface area (Å²) in [6.45, 7) is 5.27. The van der Waals surface area contributed by atoms with Crippen molar-refractivity contribution in [3.63, 3.8) is 0 Å². The molecule has 1 saturated heterocycles. The van der Waals surface area contributed by atoms with E-state index in [1.165, 1.54) is 5.56 Å². The molecule has 3 heteroatoms. The molecule has 1 aromatic carbocycles. The van der Waals surface area contributed by atoms with Crippen LogP contribution < -0.4 is 0 Å². The van der Waals surface area contributed by atoms with Crippen molar-refractivity contribution in [2.75, 3.05) is 6.61 Å². The van der Waals surface area contributed by atoms with Gasteiger partial charge in [-0.25, -0.2) is 0 Å². The molecule has 92 valence electrons. The molecular formula is C14H19NO2. The van der Waals surface area contributed by atoms with E-state index >= 15 is 0 Å². The third kappa shape index (κ3) is 3.95. The smallest absolute Gasteiger partial charge is 0.163 e. The number of benzene rings is 1. The normalized spacial score (nSPS) is 23.3. The van der Waals surface area contributed by atoms with Crippen LogP contribution in [0.3, 0.4) is 0 Å². The summed E-state index contributed by atoms with van der Waals surface area (Å²) < 4.78 is 11.2. The van der Waals surface area contributed by atoms with Crippen LogP contribution in [-0.4, -0.2) is 24.7 Å². The van der Waals surface area contributed by atoms with E-state index in [0.29, 0.717) is 6.61 Å². The SMILES string of the molecule is CC1(C)OC[C@@H](CC=NCc2ccccc2)O1. The van der Waals surface area contributed by atoms with Gasteiger partial charge in [0.05, 0.1) is 19.3 Å². The van der Waals surface area contributed by atoms with Crippen molar-refractivity contribution in [2.24, 2.45) is 4.99 Å². The van der Waals surface area contributed by atoms with Gasteiger partial charge in [-0.3, -0.25) is 4.99 Å². The maximum Gasteiger partial charge on any atom is 0.163 e. The molecule has 0 radical (unpaired) electrons. The molecule has 0 N–H and O–H groups in total. The van der Waals surface area contributed by atoms with E-state index in [1.807, 2.05) is 38.3 Å². The molecule has 0 bridgehead atoms. The van der Waals surface area contributed by atoms with Crippen LogP contribution in [-0.2, 0) is 16.0 Å². The molecule has 0 aromatic heterocycles. The van der Waals surface area contributed by atoms with Gasteiger partial charge in [0.25, 0.3) is 0 Å². The van der Waals surface area contributed by atoms with Gasteiger partial charge in [0, 0.05) is 12.6 Å². The van der Waals surface area contributed by atoms with E-state index in [4.69, 9.17) is 9.47 Å². The molecule has 1 aliphatic rings. The van der Waals surface area contributed by atoms with E-state index in [0.717, 1.165) is 13.0 Å². The summed E-state index contributed by atoms with van der Waals surface area (Å²) in [6, 6.07) is 10.2. The number of ether oxygens (including phenoxy) is 2. The Morgan fingerprint density at radius 3 is 2.76 bits per heavy atom. The molecule has 0 amide bonds. The highest BCUT2D eigenvalue weighted by atomic mass is 16.7. The molecule has 17 heavy (non-hydrogen) atoms. The van der Waals surface area contributed by atoms with Gasteiger partial charge >= 0.3 is 0 Å². The Labute approximate surface area is 102 Å². The molecule has 1 heterocycles. The van der Waals surface area contributed by atoms with Crippen LogP contribution >= 0.6 is 0 Å². The number of aliphatic imine (C=N–C) groups is 1. The average molecular weight is 233 g/mol. The number of hydrogen-bond donors (Lipinski definition) is 0. The molecule has 1 aliphatic heterocycles. The minimum Gasteiger partial charge on any atom is -0.348 e. The predicted molar refractivity (Wildman–Crippen MR) is 68.2 cm³/mol. The fraction of sp³-hybridized carbons (Fsp3) is 0.500. The first-order valence-corrected chi connectivity index (χ1v) is 6.00. The second-order valence-electron chi connectivity index (χ2n) is 4.70. The van der Waals surface area contributed by atoms with Crippen LogP contribution in [0.25, 0.3) is 0 Å². The molecule has 0 aliphatic carbocycles. The van der Waals surface area contributed by atoms with E-state index in [1.54, 1.807) is 0 Å². The van der Waals surface area contributed by atoms with E-state index < -0.39 is 5.79 Å². The zero-order chi connectivity index (χ0) is 12.1. The summed E-state index contributed by atoms with van der Waals surface area (Å²) in [4.78, 5) is 4.39. The van der Waals surface area contributed by atoms with Gasteiger partial charge in [-0.2, -0.15) is 0 Å². The van der Waals surface area contributed by atoms with Gasteiger partial charge in [0.15, 0.2) is 5.79 Å². The second-order valence-corrected chi connectivity index (χ2v) is 4.70. The minimum absolute atomic E-state index is 0.143. The molecule has 1 atom stereocenters. The summed E-state index contributed by atoms with van der Waals surface area (Å²) >= 11 is 0. The first kappa shape index (κ1) is 12.3. The first-order valence-electron chi connectivity index (χ1n) is 6.00. The Morgan fingerprint density at radius 1 is 1.35 bits per heavy atom. The zero-order valence-electron chi connectivity index (χ0n) is 10.4. The van der Waals surface area contributed by atoms with Crippen LogP contribution in [0.2, 0.25) is 0 Å². The lowest BCUT2D eigenvalue weighted by Crippen LogP contribution is -2.21. The van der Waals surface area contributed by atoms with E-state index in [-0.39, 0.29) is 6.10 Å². The lowest BCUT2D eigenvalue weighted by Gasteiger charge is -2.16. The predicted octanol–water partition coefficient (Wildman–Crippen LogP) is 2.80. The maximum absolute atomic E-state index is 5.69. The highest BCUT2D eigenvalue weighted by Gasteiger charge is 2.31. The summed E-state index contributed by atoms with van der Waals surface area (Å²) in [5.41, 5.74) is 1.23. The Morgan fingerprint density at radius 2 is 2.12 bits per heavy atom. The number of rotatable bonds is 4. The molecule has 3 nitrogen and oxygen atoms in total. The summed E-state index contributed by atoms with van der Waals surface area (Å²) in [7, 11) is 0. The van der Waals surface area contributed by atoms with Crippen LogP contribution in [0.15, 0.2) is 35.3 Å². The highest BCUT2D eigenvalue weighted by Crippen LogP contribution is 2.23. The summed E-state index contributed by atoms with van der Waals surface area (Å²) in [6.07, 6.45) is 2.89. The van der Waals surface area contributed by atoms with Crippen LogP contribution in [0.4, 0.5) is 0 Å². The van der Waals surface area contributed by atoms with Crippen molar-refractivity contribution in [1.82, 2.24) is 0 Å². The van der Waals surface area contributed by atoms with Crippen LogP contribution in [0.1, 0.15) is 25.8 Å². The van der Waals surface area contributed by atoms with Crippen molar-refractivity contribution >= 4 is 6.21 Å². The maximum atomic E-state index is 5.69. The van der Waals surface area contributed by atoms with E-state index in [2.05, 4.69) is 17.1 Å². The van der Waals surface area contributed by atoms with Crippen LogP contribution in [0, 0.1) is 0 Å². The number of nitrogens with zero attached hydrogens (tertiary/aromatic N) is 1. The standard InChI is InChI=1S/C14H19NO2/c1-14(2)16-11-13(17-14)8-9-15-10-12-6-4-3-5-7-12/h3-7,9,13H,8,10-11H2,1-2H3/t13-/m1/s1. The van der Waals surface area contributed by atoms with Crippen LogP contribution in [0.5, 0.6) is 0 Å². The van der Waals surface area contributed by atoms with Gasteiger partial charge < -0.3 is 9.47 Å². The van der Waals surface area contributed by atoms with Crippen molar-refractivity contribution < 1.29 is 9.47 Å². The van der Waals surface area contributed by atoms with Crippen molar-refractivity contribution in [2.45, 2.75) is 38.7 Å². The monoisotopic (exact) mass is 233 g/mol. The molecule has 2 rings (SSSR count). The lowest BCUT2D eigenvalue weighted by molar-refractivity contribution is -0.137. The molecule has 1 fully saturated rings. The largest absolute Gasteiger partial charge is 0.348 e.